The zero-order valence-corrected chi connectivity index (χ0v) is 54.5. The SMILES string of the molecule is CN(C)C(=O)[C@@H]1CCCCN1C.CN(C)C(=O)[C@@H]1CCCN1C.CN(C)C(=O)[C@@H]1COCCN1C.CN(C)C(=O)[C@@H]1C[C@@H](F)CN1C.CN(C)C(=O)[C@@H]1C[C@@H](O)CN1C.CN1C[C@H](O)C[C@H]1C(=O)N1CCC1.C[C@@H](C(=O)N(C)C)N(C)C. The van der Waals surface area contributed by atoms with Gasteiger partial charge in [-0.2, -0.15) is 0 Å². The summed E-state index contributed by atoms with van der Waals surface area (Å²) in [5.74, 6) is 1.03. The van der Waals surface area contributed by atoms with Crippen LogP contribution in [0, 0.1) is 0 Å². The number of rotatable bonds is 8. The highest BCUT2D eigenvalue weighted by Crippen LogP contribution is 2.22. The fraction of sp³-hybridized carbons (Fsp3) is 0.877. The van der Waals surface area contributed by atoms with Gasteiger partial charge in [0.1, 0.15) is 12.2 Å². The summed E-state index contributed by atoms with van der Waals surface area (Å²) < 4.78 is 18.1. The summed E-state index contributed by atoms with van der Waals surface area (Å²) in [5, 5.41) is 18.7. The molecular weight excluding hydrogens is 1060 g/mol. The van der Waals surface area contributed by atoms with Gasteiger partial charge in [-0.3, -0.25) is 67.9 Å². The number of carbonyl (C=O) groups is 7. The van der Waals surface area contributed by atoms with E-state index in [-0.39, 0.29) is 95.9 Å². The first-order chi connectivity index (χ1) is 38.1. The minimum atomic E-state index is -0.844. The van der Waals surface area contributed by atoms with Gasteiger partial charge in [0.05, 0.1) is 61.7 Å². The molecule has 0 aromatic rings. The number of nitrogens with zero attached hydrogens (tertiary/aromatic N) is 14. The Hall–Kier alpha value is -4.18. The van der Waals surface area contributed by atoms with Crippen LogP contribution in [0.1, 0.15) is 64.7 Å². The van der Waals surface area contributed by atoms with Crippen molar-refractivity contribution in [1.29, 1.82) is 0 Å². The van der Waals surface area contributed by atoms with Gasteiger partial charge in [0.2, 0.25) is 41.4 Å². The molecule has 7 fully saturated rings. The number of likely N-dealkylation sites (tertiary alicyclic amines) is 6. The molecule has 82 heavy (non-hydrogen) atoms. The van der Waals surface area contributed by atoms with E-state index in [1.54, 1.807) is 92.8 Å². The van der Waals surface area contributed by atoms with Gasteiger partial charge in [-0.25, -0.2) is 4.39 Å². The Balaban J connectivity index is 0.000000479. The van der Waals surface area contributed by atoms with Crippen molar-refractivity contribution in [3.05, 3.63) is 0 Å². The average Bonchev–Trinajstić information content (AvgIpc) is 4.16. The number of aliphatic hydroxyl groups excluding tert-OH is 2. The smallest absolute Gasteiger partial charge is 0.241 e. The number of ether oxygens (including phenoxy) is 1. The number of amides is 7. The van der Waals surface area contributed by atoms with Crippen molar-refractivity contribution in [3.8, 4) is 0 Å². The highest BCUT2D eigenvalue weighted by molar-refractivity contribution is 5.84. The van der Waals surface area contributed by atoms with Gasteiger partial charge in [-0.05, 0) is 121 Å². The van der Waals surface area contributed by atoms with Gasteiger partial charge in [0.15, 0.2) is 0 Å². The summed E-state index contributed by atoms with van der Waals surface area (Å²) in [5.41, 5.74) is 0. The predicted octanol–water partition coefficient (Wildman–Crippen LogP) is -1.30. The van der Waals surface area contributed by atoms with Crippen LogP contribution in [0.2, 0.25) is 0 Å². The molecule has 25 heteroatoms. The maximum atomic E-state index is 12.8. The first-order valence-corrected chi connectivity index (χ1v) is 29.1. The van der Waals surface area contributed by atoms with Crippen molar-refractivity contribution in [2.45, 2.75) is 125 Å². The molecule has 7 aliphatic rings. The van der Waals surface area contributed by atoms with Crippen LogP contribution >= 0.6 is 0 Å². The number of hydrogen-bond donors (Lipinski definition) is 2. The van der Waals surface area contributed by atoms with Crippen molar-refractivity contribution in [2.75, 3.05) is 207 Å². The summed E-state index contributed by atoms with van der Waals surface area (Å²) in [6, 6.07) is -0.289. The minimum absolute atomic E-state index is 0.00218. The number of piperidine rings is 1. The first-order valence-electron chi connectivity index (χ1n) is 29.1. The lowest BCUT2D eigenvalue weighted by molar-refractivity contribution is -0.140. The molecule has 0 saturated carbocycles. The van der Waals surface area contributed by atoms with Crippen molar-refractivity contribution in [1.82, 2.24) is 68.6 Å². The lowest BCUT2D eigenvalue weighted by Gasteiger charge is -2.34. The Kier molecular flexibility index (Phi) is 34.5. The molecule has 0 aromatic heterocycles. The zero-order valence-electron chi connectivity index (χ0n) is 54.5. The van der Waals surface area contributed by atoms with Crippen molar-refractivity contribution in [3.63, 3.8) is 0 Å². The van der Waals surface area contributed by atoms with Crippen LogP contribution in [0.25, 0.3) is 0 Å². The van der Waals surface area contributed by atoms with Crippen LogP contribution in [0.5, 0.6) is 0 Å². The third-order valence-electron chi connectivity index (χ3n) is 15.9. The predicted molar refractivity (Wildman–Crippen MR) is 320 cm³/mol. The summed E-state index contributed by atoms with van der Waals surface area (Å²) in [7, 11) is 36.5. The molecule has 2 N–H and O–H groups in total. The average molecular weight is 1170 g/mol. The second-order valence-corrected chi connectivity index (χ2v) is 24.4. The highest BCUT2D eigenvalue weighted by Gasteiger charge is 2.38. The summed E-state index contributed by atoms with van der Waals surface area (Å²) in [6.07, 6.45) is 6.75. The zero-order chi connectivity index (χ0) is 63.0. The Morgan fingerprint density at radius 1 is 0.439 bits per heavy atom. The number of morpholine rings is 1. The summed E-state index contributed by atoms with van der Waals surface area (Å²) >= 11 is 0. The second kappa shape index (κ2) is 37.3. The van der Waals surface area contributed by atoms with Crippen molar-refractivity contribution < 1.29 is 52.9 Å². The van der Waals surface area contributed by atoms with Crippen LogP contribution in [0.4, 0.5) is 4.39 Å². The third kappa shape index (κ3) is 25.2. The Bertz CT molecular complexity index is 1830. The number of carbonyl (C=O) groups excluding carboxylic acids is 7. The number of β-amino-alcohol motifs (C(OH)–C–C–N with tert-alkyl or cyclic N) is 2. The molecule has 10 atom stereocenters. The van der Waals surface area contributed by atoms with E-state index in [0.29, 0.717) is 45.5 Å². The first kappa shape index (κ1) is 75.8. The van der Waals surface area contributed by atoms with Gasteiger partial charge in [-0.15, -0.1) is 0 Å². The van der Waals surface area contributed by atoms with Gasteiger partial charge in [0.25, 0.3) is 0 Å². The maximum Gasteiger partial charge on any atom is 0.241 e. The highest BCUT2D eigenvalue weighted by atomic mass is 19.1. The van der Waals surface area contributed by atoms with Crippen LogP contribution in [0.3, 0.4) is 0 Å². The fourth-order valence-corrected chi connectivity index (χ4v) is 10.1. The Labute approximate surface area is 493 Å². The molecule has 0 spiro atoms. The molecule has 0 radical (unpaired) electrons. The van der Waals surface area contributed by atoms with Crippen LogP contribution < -0.4 is 0 Å². The van der Waals surface area contributed by atoms with Crippen LogP contribution in [-0.2, 0) is 38.3 Å². The molecule has 7 heterocycles. The van der Waals surface area contributed by atoms with E-state index in [2.05, 4.69) is 9.80 Å². The maximum absolute atomic E-state index is 12.8. The molecule has 0 bridgehead atoms. The largest absolute Gasteiger partial charge is 0.392 e. The topological polar surface area (TPSA) is 215 Å². The lowest BCUT2D eigenvalue weighted by Crippen LogP contribution is -2.51. The van der Waals surface area contributed by atoms with E-state index in [9.17, 15) is 48.2 Å². The van der Waals surface area contributed by atoms with Gasteiger partial charge in [-0.1, -0.05) is 6.42 Å². The molecule has 0 unspecified atom stereocenters. The van der Waals surface area contributed by atoms with Crippen molar-refractivity contribution >= 4 is 41.4 Å². The Morgan fingerprint density at radius 3 is 1.13 bits per heavy atom. The quantitative estimate of drug-likeness (QED) is 0.289. The molecular formula is C57H113FN14O10. The minimum Gasteiger partial charge on any atom is -0.392 e. The van der Waals surface area contributed by atoms with Crippen LogP contribution in [0.15, 0.2) is 0 Å². The van der Waals surface area contributed by atoms with Gasteiger partial charge >= 0.3 is 0 Å². The molecule has 7 saturated heterocycles. The third-order valence-corrected chi connectivity index (χ3v) is 15.9. The van der Waals surface area contributed by atoms with Gasteiger partial charge in [0, 0.05) is 130 Å². The molecule has 0 aromatic carbocycles. The molecule has 7 aliphatic heterocycles. The van der Waals surface area contributed by atoms with Crippen LogP contribution in [-0.4, -0.2) is 387 Å². The fourth-order valence-electron chi connectivity index (χ4n) is 10.1. The van der Waals surface area contributed by atoms with E-state index in [4.69, 9.17) is 4.74 Å². The second-order valence-electron chi connectivity index (χ2n) is 24.4. The number of alkyl halides is 1. The normalized spacial score (nSPS) is 27.0. The molecule has 478 valence electrons. The number of halogens is 1. The van der Waals surface area contributed by atoms with E-state index in [1.807, 2.05) is 109 Å². The lowest BCUT2D eigenvalue weighted by atomic mass is 10.0. The number of aliphatic hydroxyl groups is 2. The molecule has 7 amide bonds. The Morgan fingerprint density at radius 2 is 0.817 bits per heavy atom. The summed E-state index contributed by atoms with van der Waals surface area (Å²) in [6.45, 7) is 9.51. The van der Waals surface area contributed by atoms with Crippen molar-refractivity contribution in [2.24, 2.45) is 0 Å². The summed E-state index contributed by atoms with van der Waals surface area (Å²) in [4.78, 5) is 106. The van der Waals surface area contributed by atoms with E-state index >= 15 is 0 Å². The molecule has 0 aliphatic carbocycles. The van der Waals surface area contributed by atoms with E-state index in [1.165, 1.54) is 17.7 Å². The number of likely N-dealkylation sites (N-methyl/N-ethyl adjacent to an activating group) is 13. The molecule has 24 nitrogen and oxygen atoms in total. The molecule has 7 rings (SSSR count). The monoisotopic (exact) mass is 1170 g/mol. The standard InChI is InChI=1S/C9H16N2O2.C9H18N2O.C8H15FN2O.2C8H16N2O2.C8H16N2O.C7H16N2O/c1-10-6-7(12)5-8(10)9(13)11-3-2-4-11;1-10(2)9(12)8-6-4-5-7-11(8)3;1-10(2)8(12)7-4-6(9)5-11(7)3;1-9(2)8(12)7-4-6(11)5-10(7)3;1-9(2)8(11)7-6-12-5-4-10(7)3;1-9(2)8(11)7-5-4-6-10(7)3;1-6(8(2)3)7(10)9(4)5/h7-8,12H,2-6H2,1H3;8H,4-7H2,1-3H3;6-7H,4-5H2,1-3H3;6-7,11H,4-5H2,1-3H3;7H,4-6H2,1-3H3;7H,4-6H2,1-3H3;6H,1-5H3/t7-,8+;8-;2*6-,7+;2*7-;6-/m1011000/s1. The number of hydrogen-bond acceptors (Lipinski definition) is 17. The van der Waals surface area contributed by atoms with E-state index in [0.717, 1.165) is 65.0 Å². The van der Waals surface area contributed by atoms with Gasteiger partial charge < -0.3 is 49.2 Å². The van der Waals surface area contributed by atoms with E-state index < -0.39 is 6.17 Å².